The van der Waals surface area contributed by atoms with Gasteiger partial charge < -0.3 is 19.5 Å². The molecule has 0 unspecified atom stereocenters. The molecule has 0 aliphatic carbocycles. The molecule has 2 atom stereocenters. The Kier molecular flexibility index (Phi) is 7.54. The fourth-order valence-corrected chi connectivity index (χ4v) is 5.21. The van der Waals surface area contributed by atoms with Gasteiger partial charge >= 0.3 is 5.97 Å². The third-order valence-corrected chi connectivity index (χ3v) is 6.94. The number of methoxy groups -OCH3 is 2. The number of hydrogen-bond acceptors (Lipinski definition) is 6. The molecule has 1 N–H and O–H groups in total. The number of esters is 1. The lowest BCUT2D eigenvalue weighted by Crippen LogP contribution is -2.40. The maximum atomic E-state index is 12.1. The summed E-state index contributed by atoms with van der Waals surface area (Å²) in [6, 6.07) is 9.84. The van der Waals surface area contributed by atoms with Crippen molar-refractivity contribution in [1.82, 2.24) is 4.90 Å². The molecule has 0 bridgehead atoms. The summed E-state index contributed by atoms with van der Waals surface area (Å²) in [7, 11) is 3.10. The van der Waals surface area contributed by atoms with Crippen LogP contribution in [0, 0.1) is 6.92 Å². The van der Waals surface area contributed by atoms with Crippen molar-refractivity contribution in [3.8, 4) is 5.75 Å². The number of rotatable bonds is 7. The molecule has 0 radical (unpaired) electrons. The van der Waals surface area contributed by atoms with Gasteiger partial charge in [-0.25, -0.2) is 4.79 Å². The average Bonchev–Trinajstić information content (AvgIpc) is 2.86. The van der Waals surface area contributed by atoms with Crippen molar-refractivity contribution in [2.75, 3.05) is 32.7 Å². The average molecular weight is 467 g/mol. The Morgan fingerprint density at radius 3 is 2.62 bits per heavy atom. The zero-order chi connectivity index (χ0) is 24.2. The van der Waals surface area contributed by atoms with Crippen LogP contribution in [-0.4, -0.2) is 50.3 Å². The Morgan fingerprint density at radius 2 is 1.94 bits per heavy atom. The second-order valence-electron chi connectivity index (χ2n) is 8.98. The molecule has 0 spiro atoms. The Bertz CT molecular complexity index is 1050. The summed E-state index contributed by atoms with van der Waals surface area (Å²) >= 11 is 0. The van der Waals surface area contributed by atoms with Gasteiger partial charge in [0.1, 0.15) is 5.75 Å². The van der Waals surface area contributed by atoms with Gasteiger partial charge in [-0.2, -0.15) is 0 Å². The van der Waals surface area contributed by atoms with Gasteiger partial charge in [0, 0.05) is 43.4 Å². The number of nitrogens with zero attached hydrogens (tertiary/aromatic N) is 1. The molecule has 7 heteroatoms. The van der Waals surface area contributed by atoms with Crippen molar-refractivity contribution in [2.24, 2.45) is 0 Å². The maximum Gasteiger partial charge on any atom is 0.337 e. The molecule has 0 aromatic heterocycles. The van der Waals surface area contributed by atoms with Crippen LogP contribution in [0.2, 0.25) is 0 Å². The van der Waals surface area contributed by atoms with Crippen LogP contribution in [0.15, 0.2) is 30.3 Å². The first-order valence-corrected chi connectivity index (χ1v) is 12.0. The van der Waals surface area contributed by atoms with Crippen LogP contribution in [0.25, 0.3) is 0 Å². The van der Waals surface area contributed by atoms with Gasteiger partial charge in [0.05, 0.1) is 25.9 Å². The summed E-state index contributed by atoms with van der Waals surface area (Å²) in [6.07, 6.45) is 3.22. The zero-order valence-corrected chi connectivity index (χ0v) is 20.5. The van der Waals surface area contributed by atoms with E-state index in [1.807, 2.05) is 44.2 Å². The molecule has 34 heavy (non-hydrogen) atoms. The van der Waals surface area contributed by atoms with Crippen molar-refractivity contribution < 1.29 is 23.8 Å². The number of ether oxygens (including phenoxy) is 3. The van der Waals surface area contributed by atoms with E-state index < -0.39 is 0 Å². The van der Waals surface area contributed by atoms with Crippen LogP contribution >= 0.6 is 0 Å². The predicted molar refractivity (Wildman–Crippen MR) is 130 cm³/mol. The molecule has 2 aliphatic heterocycles. The summed E-state index contributed by atoms with van der Waals surface area (Å²) in [6.45, 7) is 6.33. The number of piperidine rings is 1. The third kappa shape index (κ3) is 4.95. The molecule has 1 fully saturated rings. The summed E-state index contributed by atoms with van der Waals surface area (Å²) in [5.74, 6) is 0.587. The number of aryl methyl sites for hydroxylation is 1. The number of fused-ring (bicyclic) bond motifs is 1. The van der Waals surface area contributed by atoms with Crippen LogP contribution in [0.5, 0.6) is 5.75 Å². The molecule has 2 aromatic carbocycles. The third-order valence-electron chi connectivity index (χ3n) is 6.94. The second-order valence-corrected chi connectivity index (χ2v) is 8.98. The number of carbonyl (C=O) groups is 2. The fourth-order valence-electron chi connectivity index (χ4n) is 5.21. The van der Waals surface area contributed by atoms with Crippen molar-refractivity contribution in [2.45, 2.75) is 58.2 Å². The Morgan fingerprint density at radius 1 is 1.18 bits per heavy atom. The largest absolute Gasteiger partial charge is 0.496 e. The fraction of sp³-hybridized carbons (Fsp3) is 0.481. The van der Waals surface area contributed by atoms with E-state index in [-0.39, 0.29) is 24.0 Å². The molecule has 182 valence electrons. The standard InChI is InChI=1S/C27H34N2O5/c1-5-34-20-12-13-29(23(15-20)18-6-8-19(9-7-18)27(31)33-4)16-22-21-10-11-25(30)28-26(21)17(2)14-24(22)32-3/h6-9,14,20,23H,5,10-13,15-16H2,1-4H3,(H,28,30)/t20-,23-/m0/s1. The highest BCUT2D eigenvalue weighted by molar-refractivity contribution is 5.95. The van der Waals surface area contributed by atoms with Crippen molar-refractivity contribution in [1.29, 1.82) is 0 Å². The number of nitrogens with one attached hydrogen (secondary N) is 1. The first-order valence-electron chi connectivity index (χ1n) is 12.0. The van der Waals surface area contributed by atoms with Crippen LogP contribution < -0.4 is 10.1 Å². The molecule has 2 aliphatic rings. The highest BCUT2D eigenvalue weighted by Crippen LogP contribution is 2.40. The predicted octanol–water partition coefficient (Wildman–Crippen LogP) is 4.42. The molecule has 0 saturated carbocycles. The zero-order valence-electron chi connectivity index (χ0n) is 20.5. The lowest BCUT2D eigenvalue weighted by molar-refractivity contribution is -0.116. The molecule has 1 amide bonds. The van der Waals surface area contributed by atoms with Crippen LogP contribution in [0.1, 0.15) is 64.8 Å². The molecule has 2 heterocycles. The Hall–Kier alpha value is -2.90. The van der Waals surface area contributed by atoms with E-state index in [4.69, 9.17) is 14.2 Å². The van der Waals surface area contributed by atoms with Crippen molar-refractivity contribution >= 4 is 17.6 Å². The molecule has 1 saturated heterocycles. The molecule has 2 aromatic rings. The summed E-state index contributed by atoms with van der Waals surface area (Å²) < 4.78 is 16.7. The highest BCUT2D eigenvalue weighted by Gasteiger charge is 2.32. The molecule has 4 rings (SSSR count). The first kappa shape index (κ1) is 24.2. The van der Waals surface area contributed by atoms with Gasteiger partial charge in [0.15, 0.2) is 0 Å². The highest BCUT2D eigenvalue weighted by atomic mass is 16.5. The van der Waals surface area contributed by atoms with Crippen LogP contribution in [0.4, 0.5) is 5.69 Å². The summed E-state index contributed by atoms with van der Waals surface area (Å²) in [5, 5.41) is 3.07. The second kappa shape index (κ2) is 10.6. The monoisotopic (exact) mass is 466 g/mol. The normalized spacial score (nSPS) is 20.4. The van der Waals surface area contributed by atoms with E-state index in [1.165, 1.54) is 12.7 Å². The van der Waals surface area contributed by atoms with E-state index in [0.717, 1.165) is 47.5 Å². The van der Waals surface area contributed by atoms with Gasteiger partial charge in [-0.05, 0) is 68.0 Å². The number of carbonyl (C=O) groups excluding carboxylic acids is 2. The first-order chi connectivity index (χ1) is 16.4. The van der Waals surface area contributed by atoms with Crippen LogP contribution in [0.3, 0.4) is 0 Å². The number of likely N-dealkylation sites (tertiary alicyclic amines) is 1. The van der Waals surface area contributed by atoms with Gasteiger partial charge in [0.2, 0.25) is 5.91 Å². The minimum absolute atomic E-state index is 0.0628. The van der Waals surface area contributed by atoms with E-state index >= 15 is 0 Å². The van der Waals surface area contributed by atoms with E-state index in [1.54, 1.807) is 7.11 Å². The number of amides is 1. The van der Waals surface area contributed by atoms with Gasteiger partial charge in [-0.1, -0.05) is 12.1 Å². The lowest BCUT2D eigenvalue weighted by Gasteiger charge is -2.40. The van der Waals surface area contributed by atoms with Crippen LogP contribution in [-0.2, 0) is 27.2 Å². The van der Waals surface area contributed by atoms with Gasteiger partial charge in [-0.15, -0.1) is 0 Å². The number of benzene rings is 2. The smallest absolute Gasteiger partial charge is 0.337 e. The van der Waals surface area contributed by atoms with E-state index in [0.29, 0.717) is 31.6 Å². The van der Waals surface area contributed by atoms with Gasteiger partial charge in [-0.3, -0.25) is 9.69 Å². The van der Waals surface area contributed by atoms with E-state index in [2.05, 4.69) is 10.2 Å². The van der Waals surface area contributed by atoms with Gasteiger partial charge in [0.25, 0.3) is 0 Å². The minimum Gasteiger partial charge on any atom is -0.496 e. The lowest BCUT2D eigenvalue weighted by atomic mass is 9.89. The SMILES string of the molecule is CCO[C@H]1CCN(Cc2c(OC)cc(C)c3c2CCC(=O)N3)[C@H](c2ccc(C(=O)OC)cc2)C1. The maximum absolute atomic E-state index is 12.1. The summed E-state index contributed by atoms with van der Waals surface area (Å²) in [4.78, 5) is 26.4. The quantitative estimate of drug-likeness (QED) is 0.609. The molecular formula is C27H34N2O5. The minimum atomic E-state index is -0.336. The summed E-state index contributed by atoms with van der Waals surface area (Å²) in [5.41, 5.74) is 5.94. The topological polar surface area (TPSA) is 77.1 Å². The van der Waals surface area contributed by atoms with Crippen molar-refractivity contribution in [3.63, 3.8) is 0 Å². The number of anilines is 1. The molecule has 7 nitrogen and oxygen atoms in total. The van der Waals surface area contributed by atoms with Crippen molar-refractivity contribution in [3.05, 3.63) is 58.1 Å². The Labute approximate surface area is 201 Å². The number of hydrogen-bond donors (Lipinski definition) is 1. The van der Waals surface area contributed by atoms with E-state index in [9.17, 15) is 9.59 Å². The Balaban J connectivity index is 1.67. The molecular weight excluding hydrogens is 432 g/mol.